The van der Waals surface area contributed by atoms with Crippen LogP contribution >= 0.6 is 15.9 Å². The van der Waals surface area contributed by atoms with Gasteiger partial charge in [0.15, 0.2) is 0 Å². The Hall–Kier alpha value is -1.79. The van der Waals surface area contributed by atoms with Gasteiger partial charge in [-0.15, -0.1) is 0 Å². The van der Waals surface area contributed by atoms with Crippen molar-refractivity contribution in [3.8, 4) is 11.8 Å². The van der Waals surface area contributed by atoms with Gasteiger partial charge in [0, 0.05) is 6.07 Å². The van der Waals surface area contributed by atoms with Gasteiger partial charge in [-0.2, -0.15) is 14.0 Å². The molecule has 0 heterocycles. The summed E-state index contributed by atoms with van der Waals surface area (Å²) in [6.45, 7) is 1.18. The second-order valence-corrected chi connectivity index (χ2v) is 8.51. The number of halogens is 4. The maximum atomic E-state index is 13.4. The van der Waals surface area contributed by atoms with Crippen molar-refractivity contribution < 1.29 is 26.3 Å². The third-order valence-electron chi connectivity index (χ3n) is 3.47. The summed E-state index contributed by atoms with van der Waals surface area (Å²) in [6, 6.07) is 5.15. The molecule has 2 rings (SSSR count). The minimum atomic E-state index is -4.69. The average Bonchev–Trinajstić information content (AvgIpc) is 2.49. The first kappa shape index (κ1) is 18.5. The molecule has 1 aliphatic rings. The van der Waals surface area contributed by atoms with E-state index in [0.29, 0.717) is 0 Å². The molecule has 0 spiro atoms. The molecule has 1 aromatic carbocycles. The summed E-state index contributed by atoms with van der Waals surface area (Å²) in [5.41, 5.74) is 0.0478. The number of sulfone groups is 1. The molecule has 0 saturated heterocycles. The molecule has 128 valence electrons. The Balaban J connectivity index is 2.30. The maximum absolute atomic E-state index is 13.4. The molecule has 1 atom stereocenters. The van der Waals surface area contributed by atoms with Crippen LogP contribution in [0.1, 0.15) is 18.9 Å². The highest BCUT2D eigenvalue weighted by molar-refractivity contribution is 9.12. The van der Waals surface area contributed by atoms with Crippen molar-refractivity contribution in [2.75, 3.05) is 0 Å². The Labute approximate surface area is 145 Å². The first-order valence-corrected chi connectivity index (χ1v) is 8.92. The van der Waals surface area contributed by atoms with Crippen LogP contribution in [0.2, 0.25) is 0 Å². The van der Waals surface area contributed by atoms with E-state index in [1.165, 1.54) is 19.1 Å². The largest absolute Gasteiger partial charge is 0.456 e. The second kappa shape index (κ2) is 6.61. The number of rotatable bonds is 4. The number of hydrogen-bond donors (Lipinski definition) is 0. The quantitative estimate of drug-likeness (QED) is 0.735. The first-order valence-electron chi connectivity index (χ1n) is 6.58. The molecule has 0 radical (unpaired) electrons. The highest BCUT2D eigenvalue weighted by Crippen LogP contribution is 2.38. The van der Waals surface area contributed by atoms with Crippen LogP contribution in [-0.2, 0) is 9.84 Å². The maximum Gasteiger partial charge on any atom is 0.337 e. The fourth-order valence-electron chi connectivity index (χ4n) is 2.10. The van der Waals surface area contributed by atoms with Crippen molar-refractivity contribution in [2.24, 2.45) is 0 Å². The summed E-state index contributed by atoms with van der Waals surface area (Å²) >= 11 is 3.08. The fourth-order valence-corrected chi connectivity index (χ4v) is 4.00. The third-order valence-corrected chi connectivity index (χ3v) is 6.15. The third kappa shape index (κ3) is 3.49. The van der Waals surface area contributed by atoms with E-state index in [1.807, 2.05) is 0 Å². The summed E-state index contributed by atoms with van der Waals surface area (Å²) < 4.78 is 66.3. The predicted molar refractivity (Wildman–Crippen MR) is 84.8 cm³/mol. The highest BCUT2D eigenvalue weighted by atomic mass is 79.9. The number of nitriles is 1. The zero-order valence-electron chi connectivity index (χ0n) is 12.3. The molecule has 1 aromatic rings. The van der Waals surface area contributed by atoms with Crippen LogP contribution in [0.25, 0.3) is 0 Å². The Morgan fingerprint density at radius 1 is 1.38 bits per heavy atom. The standard InChI is InChI=1S/C15H11BrF3NO3S/c1-15(24(21,22)14(18)19)3-2-13(12(16)7-15)23-11-5-9(8-20)4-10(17)6-11/h2,4-7,14H,3H2,1H3. The van der Waals surface area contributed by atoms with Gasteiger partial charge in [0.2, 0.25) is 9.84 Å². The zero-order valence-corrected chi connectivity index (χ0v) is 14.7. The van der Waals surface area contributed by atoms with Crippen molar-refractivity contribution in [1.82, 2.24) is 0 Å². The van der Waals surface area contributed by atoms with Gasteiger partial charge >= 0.3 is 5.76 Å². The molecular weight excluding hydrogens is 411 g/mol. The number of hydrogen-bond acceptors (Lipinski definition) is 4. The van der Waals surface area contributed by atoms with Crippen LogP contribution in [0.3, 0.4) is 0 Å². The zero-order chi connectivity index (χ0) is 18.1. The minimum Gasteiger partial charge on any atom is -0.456 e. The van der Waals surface area contributed by atoms with E-state index in [2.05, 4.69) is 15.9 Å². The van der Waals surface area contributed by atoms with Crippen LogP contribution in [0, 0.1) is 17.1 Å². The van der Waals surface area contributed by atoms with E-state index in [4.69, 9.17) is 10.00 Å². The molecule has 0 aliphatic heterocycles. The van der Waals surface area contributed by atoms with Crippen molar-refractivity contribution in [1.29, 1.82) is 5.26 Å². The van der Waals surface area contributed by atoms with Crippen molar-refractivity contribution >= 4 is 25.8 Å². The lowest BCUT2D eigenvalue weighted by Crippen LogP contribution is -2.38. The van der Waals surface area contributed by atoms with Crippen LogP contribution in [-0.4, -0.2) is 18.9 Å². The normalized spacial score (nSPS) is 21.0. The molecule has 0 aromatic heterocycles. The highest BCUT2D eigenvalue weighted by Gasteiger charge is 2.45. The molecule has 1 unspecified atom stereocenters. The Kier molecular flexibility index (Phi) is 5.11. The van der Waals surface area contributed by atoms with Crippen molar-refractivity contribution in [3.63, 3.8) is 0 Å². The Bertz CT molecular complexity index is 874. The van der Waals surface area contributed by atoms with E-state index in [-0.39, 0.29) is 28.0 Å². The first-order chi connectivity index (χ1) is 11.1. The molecule has 0 bridgehead atoms. The number of nitrogens with zero attached hydrogens (tertiary/aromatic N) is 1. The Morgan fingerprint density at radius 2 is 2.04 bits per heavy atom. The van der Waals surface area contributed by atoms with Crippen LogP contribution in [0.4, 0.5) is 13.2 Å². The van der Waals surface area contributed by atoms with Gasteiger partial charge in [0.1, 0.15) is 17.3 Å². The second-order valence-electron chi connectivity index (χ2n) is 5.27. The van der Waals surface area contributed by atoms with E-state index < -0.39 is 26.2 Å². The molecular formula is C15H11BrF3NO3S. The van der Waals surface area contributed by atoms with Crippen LogP contribution < -0.4 is 4.74 Å². The van der Waals surface area contributed by atoms with Crippen molar-refractivity contribution in [3.05, 3.63) is 52.0 Å². The van der Waals surface area contributed by atoms with Gasteiger partial charge in [0.05, 0.1) is 20.9 Å². The SMILES string of the molecule is CC1(S(=O)(=O)C(F)F)C=C(Br)C(Oc2cc(F)cc(C#N)c2)=CC1. The van der Waals surface area contributed by atoms with Crippen molar-refractivity contribution in [2.45, 2.75) is 23.8 Å². The lowest BCUT2D eigenvalue weighted by atomic mass is 10.0. The minimum absolute atomic E-state index is 0.0310. The lowest BCUT2D eigenvalue weighted by molar-refractivity contribution is 0.231. The van der Waals surface area contributed by atoms with Crippen LogP contribution in [0.15, 0.2) is 40.6 Å². The number of alkyl halides is 2. The molecule has 0 N–H and O–H groups in total. The summed E-state index contributed by atoms with van der Waals surface area (Å²) in [5, 5.41) is 8.81. The number of allylic oxidation sites excluding steroid dienone is 2. The van der Waals surface area contributed by atoms with Gasteiger partial charge in [-0.25, -0.2) is 12.8 Å². The average molecular weight is 422 g/mol. The van der Waals surface area contributed by atoms with E-state index >= 15 is 0 Å². The summed E-state index contributed by atoms with van der Waals surface area (Å²) in [7, 11) is -4.69. The van der Waals surface area contributed by atoms with Gasteiger partial charge in [0.25, 0.3) is 0 Å². The van der Waals surface area contributed by atoms with Crippen LogP contribution in [0.5, 0.6) is 5.75 Å². The molecule has 24 heavy (non-hydrogen) atoms. The van der Waals surface area contributed by atoms with E-state index in [9.17, 15) is 21.6 Å². The smallest absolute Gasteiger partial charge is 0.337 e. The summed E-state index contributed by atoms with van der Waals surface area (Å²) in [5.74, 6) is -4.00. The summed E-state index contributed by atoms with van der Waals surface area (Å²) in [4.78, 5) is 0. The monoisotopic (exact) mass is 421 g/mol. The number of benzene rings is 1. The van der Waals surface area contributed by atoms with Gasteiger partial charge in [-0.3, -0.25) is 0 Å². The van der Waals surface area contributed by atoms with Gasteiger partial charge in [-0.1, -0.05) is 0 Å². The predicted octanol–water partition coefficient (Wildman–Crippen LogP) is 4.04. The van der Waals surface area contributed by atoms with Gasteiger partial charge in [-0.05, 0) is 53.6 Å². The topological polar surface area (TPSA) is 67.2 Å². The molecule has 0 saturated carbocycles. The molecule has 1 aliphatic carbocycles. The molecule has 4 nitrogen and oxygen atoms in total. The Morgan fingerprint density at radius 3 is 2.58 bits per heavy atom. The fraction of sp³-hybridized carbons (Fsp3) is 0.267. The molecule has 0 fully saturated rings. The summed E-state index contributed by atoms with van der Waals surface area (Å²) in [6.07, 6.45) is 2.21. The molecule has 0 amide bonds. The van der Waals surface area contributed by atoms with E-state index in [0.717, 1.165) is 18.2 Å². The lowest BCUT2D eigenvalue weighted by Gasteiger charge is -2.28. The van der Waals surface area contributed by atoms with Gasteiger partial charge < -0.3 is 4.74 Å². The number of ether oxygens (including phenoxy) is 1. The molecule has 9 heteroatoms. The van der Waals surface area contributed by atoms with E-state index in [1.54, 1.807) is 6.07 Å².